The van der Waals surface area contributed by atoms with Gasteiger partial charge in [0.15, 0.2) is 17.5 Å². The Morgan fingerprint density at radius 3 is 2.31 bits per heavy atom. The summed E-state index contributed by atoms with van der Waals surface area (Å²) in [4.78, 5) is 28.5. The van der Waals surface area contributed by atoms with Crippen molar-refractivity contribution in [2.75, 3.05) is 10.6 Å². The maximum Gasteiger partial charge on any atom is 0.274 e. The molecule has 3 rings (SSSR count). The maximum atomic E-state index is 13.7. The van der Waals surface area contributed by atoms with E-state index in [1.807, 2.05) is 6.07 Å². The topological polar surface area (TPSA) is 94.9 Å². The van der Waals surface area contributed by atoms with Crippen LogP contribution in [0.5, 0.6) is 0 Å². The van der Waals surface area contributed by atoms with Crippen LogP contribution in [0.15, 0.2) is 54.7 Å². The number of carbonyl (C=O) groups is 2. The van der Waals surface area contributed by atoms with Crippen molar-refractivity contribution in [2.24, 2.45) is 0 Å². The summed E-state index contributed by atoms with van der Waals surface area (Å²) in [5.74, 6) is -6.09. The summed E-state index contributed by atoms with van der Waals surface area (Å²) in [7, 11) is 0. The third-order valence-electron chi connectivity index (χ3n) is 3.81. The van der Waals surface area contributed by atoms with Gasteiger partial charge in [0.1, 0.15) is 5.69 Å². The van der Waals surface area contributed by atoms with E-state index >= 15 is 0 Å². The van der Waals surface area contributed by atoms with Crippen LogP contribution < -0.4 is 10.6 Å². The van der Waals surface area contributed by atoms with Crippen molar-refractivity contribution in [1.82, 2.24) is 4.98 Å². The van der Waals surface area contributed by atoms with Crippen molar-refractivity contribution in [3.8, 4) is 6.07 Å². The Balaban J connectivity index is 1.76. The number of pyridine rings is 1. The summed E-state index contributed by atoms with van der Waals surface area (Å²) >= 11 is 0. The van der Waals surface area contributed by atoms with Gasteiger partial charge in [-0.15, -0.1) is 0 Å². The fraction of sp³-hybridized carbons (Fsp3) is 0. The van der Waals surface area contributed by atoms with Crippen molar-refractivity contribution in [2.45, 2.75) is 0 Å². The zero-order chi connectivity index (χ0) is 21.0. The molecule has 29 heavy (non-hydrogen) atoms. The van der Waals surface area contributed by atoms with E-state index in [1.165, 1.54) is 36.5 Å². The van der Waals surface area contributed by atoms with Gasteiger partial charge in [0.2, 0.25) is 0 Å². The molecule has 0 aliphatic heterocycles. The molecule has 0 radical (unpaired) electrons. The predicted molar refractivity (Wildman–Crippen MR) is 97.6 cm³/mol. The zero-order valence-electron chi connectivity index (χ0n) is 14.5. The second-order valence-electron chi connectivity index (χ2n) is 5.75. The largest absolute Gasteiger partial charge is 0.321 e. The van der Waals surface area contributed by atoms with Crippen molar-refractivity contribution in [3.05, 3.63) is 89.0 Å². The Labute approximate surface area is 162 Å². The van der Waals surface area contributed by atoms with E-state index in [4.69, 9.17) is 5.26 Å². The summed E-state index contributed by atoms with van der Waals surface area (Å²) in [6.07, 6.45) is 1.20. The molecule has 0 spiro atoms. The van der Waals surface area contributed by atoms with E-state index in [0.717, 1.165) is 12.1 Å². The summed E-state index contributed by atoms with van der Waals surface area (Å²) in [6.45, 7) is 0. The molecule has 1 aromatic heterocycles. The fourth-order valence-corrected chi connectivity index (χ4v) is 2.34. The monoisotopic (exact) mass is 396 g/mol. The third-order valence-corrected chi connectivity index (χ3v) is 3.81. The highest BCUT2D eigenvalue weighted by Gasteiger charge is 2.17. The van der Waals surface area contributed by atoms with E-state index in [-0.39, 0.29) is 11.3 Å². The molecule has 0 aliphatic rings. The number of rotatable bonds is 4. The standard InChI is InChI=1S/C20H11F3N4O2/c21-14-5-6-15(18(23)17(14)22)27-19(28)12-7-8-25-16(9-12)20(29)26-13-3-1-11(10-24)2-4-13/h1-9H,(H,26,29)(H,27,28). The number of halogens is 3. The lowest BCUT2D eigenvalue weighted by Gasteiger charge is -2.09. The van der Waals surface area contributed by atoms with E-state index in [1.54, 1.807) is 0 Å². The van der Waals surface area contributed by atoms with Crippen LogP contribution in [-0.4, -0.2) is 16.8 Å². The number of benzene rings is 2. The van der Waals surface area contributed by atoms with Crippen molar-refractivity contribution >= 4 is 23.2 Å². The van der Waals surface area contributed by atoms with Crippen molar-refractivity contribution in [3.63, 3.8) is 0 Å². The van der Waals surface area contributed by atoms with E-state index in [9.17, 15) is 22.8 Å². The molecule has 2 aromatic carbocycles. The molecule has 6 nitrogen and oxygen atoms in total. The van der Waals surface area contributed by atoms with Gasteiger partial charge in [0, 0.05) is 17.4 Å². The van der Waals surface area contributed by atoms with Crippen molar-refractivity contribution in [1.29, 1.82) is 5.26 Å². The molecule has 0 unspecified atom stereocenters. The molecule has 0 bridgehead atoms. The Hall–Kier alpha value is -4.19. The molecule has 2 N–H and O–H groups in total. The minimum Gasteiger partial charge on any atom is -0.321 e. The molecule has 0 saturated carbocycles. The maximum absolute atomic E-state index is 13.7. The summed E-state index contributed by atoms with van der Waals surface area (Å²) < 4.78 is 40.0. The first-order chi connectivity index (χ1) is 13.9. The van der Waals surface area contributed by atoms with E-state index in [2.05, 4.69) is 15.6 Å². The first-order valence-corrected chi connectivity index (χ1v) is 8.11. The highest BCUT2D eigenvalue weighted by Crippen LogP contribution is 2.20. The number of carbonyl (C=O) groups excluding carboxylic acids is 2. The molecular formula is C20H11F3N4O2. The minimum absolute atomic E-state index is 0.0471. The number of hydrogen-bond acceptors (Lipinski definition) is 4. The Bertz CT molecular complexity index is 1140. The van der Waals surface area contributed by atoms with Crippen LogP contribution in [0.4, 0.5) is 24.5 Å². The highest BCUT2D eigenvalue weighted by atomic mass is 19.2. The molecule has 9 heteroatoms. The quantitative estimate of drug-likeness (QED) is 0.655. The van der Waals surface area contributed by atoms with E-state index < -0.39 is 35.0 Å². The summed E-state index contributed by atoms with van der Waals surface area (Å²) in [5, 5.41) is 13.4. The molecule has 0 aliphatic carbocycles. The molecular weight excluding hydrogens is 385 g/mol. The van der Waals surface area contributed by atoms with Crippen LogP contribution >= 0.6 is 0 Å². The number of aromatic nitrogens is 1. The molecule has 0 atom stereocenters. The van der Waals surface area contributed by atoms with Gasteiger partial charge < -0.3 is 10.6 Å². The highest BCUT2D eigenvalue weighted by molar-refractivity contribution is 6.07. The van der Waals surface area contributed by atoms with Gasteiger partial charge in [0.05, 0.1) is 17.3 Å². The Morgan fingerprint density at radius 1 is 0.897 bits per heavy atom. The zero-order valence-corrected chi connectivity index (χ0v) is 14.5. The molecule has 1 heterocycles. The lowest BCUT2D eigenvalue weighted by molar-refractivity contribution is 0.102. The molecule has 2 amide bonds. The number of amides is 2. The van der Waals surface area contributed by atoms with Gasteiger partial charge in [-0.05, 0) is 48.5 Å². The number of nitrogens with one attached hydrogen (secondary N) is 2. The van der Waals surface area contributed by atoms with Crippen LogP contribution in [0.3, 0.4) is 0 Å². The lowest BCUT2D eigenvalue weighted by atomic mass is 10.2. The third kappa shape index (κ3) is 4.39. The van der Waals surface area contributed by atoms with Gasteiger partial charge in [-0.25, -0.2) is 13.2 Å². The van der Waals surface area contributed by atoms with Crippen LogP contribution in [-0.2, 0) is 0 Å². The van der Waals surface area contributed by atoms with Crippen LogP contribution in [0, 0.1) is 28.8 Å². The van der Waals surface area contributed by atoms with Gasteiger partial charge in [-0.3, -0.25) is 14.6 Å². The number of nitrogens with zero attached hydrogens (tertiary/aromatic N) is 2. The van der Waals surface area contributed by atoms with Gasteiger partial charge in [0.25, 0.3) is 11.8 Å². The smallest absolute Gasteiger partial charge is 0.274 e. The van der Waals surface area contributed by atoms with Crippen LogP contribution in [0.25, 0.3) is 0 Å². The van der Waals surface area contributed by atoms with Gasteiger partial charge in [-0.2, -0.15) is 5.26 Å². The Morgan fingerprint density at radius 2 is 1.62 bits per heavy atom. The number of nitriles is 1. The fourth-order valence-electron chi connectivity index (χ4n) is 2.34. The second-order valence-corrected chi connectivity index (χ2v) is 5.75. The first-order valence-electron chi connectivity index (χ1n) is 8.11. The van der Waals surface area contributed by atoms with Gasteiger partial charge in [-0.1, -0.05) is 0 Å². The van der Waals surface area contributed by atoms with Crippen LogP contribution in [0.1, 0.15) is 26.4 Å². The lowest BCUT2D eigenvalue weighted by Crippen LogP contribution is -2.17. The van der Waals surface area contributed by atoms with E-state index in [0.29, 0.717) is 17.3 Å². The first kappa shape index (κ1) is 19.6. The normalized spacial score (nSPS) is 10.1. The number of anilines is 2. The average molecular weight is 396 g/mol. The molecule has 0 saturated heterocycles. The average Bonchev–Trinajstić information content (AvgIpc) is 2.74. The molecule has 144 valence electrons. The second kappa shape index (κ2) is 8.22. The van der Waals surface area contributed by atoms with Crippen molar-refractivity contribution < 1.29 is 22.8 Å². The number of hydrogen-bond donors (Lipinski definition) is 2. The predicted octanol–water partition coefficient (Wildman–Crippen LogP) is 3.88. The van der Waals surface area contributed by atoms with Gasteiger partial charge >= 0.3 is 0 Å². The molecule has 0 fully saturated rings. The summed E-state index contributed by atoms with van der Waals surface area (Å²) in [6, 6.07) is 12.0. The minimum atomic E-state index is -1.71. The Kier molecular flexibility index (Phi) is 5.55. The summed E-state index contributed by atoms with van der Waals surface area (Å²) in [5.41, 5.74) is 0.134. The molecule has 3 aromatic rings. The van der Waals surface area contributed by atoms with Crippen LogP contribution in [0.2, 0.25) is 0 Å². The SMILES string of the molecule is N#Cc1ccc(NC(=O)c2cc(C(=O)Nc3ccc(F)c(F)c3F)ccn2)cc1.